The van der Waals surface area contributed by atoms with E-state index < -0.39 is 0 Å². The highest BCUT2D eigenvalue weighted by Gasteiger charge is 2.23. The molecule has 1 unspecified atom stereocenters. The minimum atomic E-state index is 0.162. The maximum Gasteiger partial charge on any atom is 0.223 e. The Balaban J connectivity index is 1.82. The van der Waals surface area contributed by atoms with Gasteiger partial charge in [-0.05, 0) is 45.4 Å². The highest BCUT2D eigenvalue weighted by atomic mass is 16.5. The molecule has 1 aliphatic carbocycles. The van der Waals surface area contributed by atoms with E-state index in [1.807, 2.05) is 0 Å². The number of carbonyl (C=O) groups excluding carboxylic acids is 1. The molecule has 1 heterocycles. The molecule has 0 bridgehead atoms. The van der Waals surface area contributed by atoms with Gasteiger partial charge in [-0.25, -0.2) is 0 Å². The first kappa shape index (κ1) is 12.6. The van der Waals surface area contributed by atoms with Gasteiger partial charge in [-0.1, -0.05) is 11.6 Å². The summed E-state index contributed by atoms with van der Waals surface area (Å²) in [6, 6.07) is 0.214. The van der Waals surface area contributed by atoms with Crippen molar-refractivity contribution in [1.29, 1.82) is 0 Å². The summed E-state index contributed by atoms with van der Waals surface area (Å²) >= 11 is 0. The molecule has 3 nitrogen and oxygen atoms in total. The molecule has 1 fully saturated rings. The molecule has 0 saturated carbocycles. The molecular weight excluding hydrogens is 214 g/mol. The third-order valence-corrected chi connectivity index (χ3v) is 3.83. The molecule has 0 spiro atoms. The van der Waals surface area contributed by atoms with Gasteiger partial charge in [0.15, 0.2) is 0 Å². The van der Waals surface area contributed by atoms with Crippen molar-refractivity contribution in [3.63, 3.8) is 0 Å². The fraction of sp³-hybridized carbons (Fsp3) is 0.786. The Hall–Kier alpha value is -0.830. The molecule has 1 amide bonds. The topological polar surface area (TPSA) is 38.3 Å². The van der Waals surface area contributed by atoms with Crippen LogP contribution in [0, 0.1) is 5.92 Å². The molecule has 2 aliphatic rings. The van der Waals surface area contributed by atoms with E-state index in [-0.39, 0.29) is 17.9 Å². The van der Waals surface area contributed by atoms with Crippen molar-refractivity contribution >= 4 is 5.91 Å². The SMILES string of the molecule is CC(NC(=O)C1CCOCC1)C1=CCCCC1. The van der Waals surface area contributed by atoms with Crippen LogP contribution < -0.4 is 5.32 Å². The van der Waals surface area contributed by atoms with E-state index in [9.17, 15) is 4.79 Å². The first-order valence-electron chi connectivity index (χ1n) is 6.84. The average molecular weight is 237 g/mol. The quantitative estimate of drug-likeness (QED) is 0.766. The van der Waals surface area contributed by atoms with Crippen molar-refractivity contribution in [3.8, 4) is 0 Å². The minimum Gasteiger partial charge on any atom is -0.381 e. The van der Waals surface area contributed by atoms with Crippen LogP contribution in [0.25, 0.3) is 0 Å². The van der Waals surface area contributed by atoms with E-state index in [1.54, 1.807) is 0 Å². The summed E-state index contributed by atoms with van der Waals surface area (Å²) in [6.07, 6.45) is 8.93. The zero-order valence-electron chi connectivity index (χ0n) is 10.7. The summed E-state index contributed by atoms with van der Waals surface area (Å²) in [7, 11) is 0. The largest absolute Gasteiger partial charge is 0.381 e. The van der Waals surface area contributed by atoms with Crippen LogP contribution in [0.15, 0.2) is 11.6 Å². The Kier molecular flexibility index (Phi) is 4.60. The van der Waals surface area contributed by atoms with E-state index in [4.69, 9.17) is 4.74 Å². The highest BCUT2D eigenvalue weighted by Crippen LogP contribution is 2.21. The lowest BCUT2D eigenvalue weighted by molar-refractivity contribution is -0.128. The number of amides is 1. The summed E-state index contributed by atoms with van der Waals surface area (Å²) < 4.78 is 5.28. The normalized spacial score (nSPS) is 23.9. The van der Waals surface area contributed by atoms with Crippen molar-refractivity contribution in [2.45, 2.75) is 51.5 Å². The Morgan fingerprint density at radius 1 is 1.41 bits per heavy atom. The monoisotopic (exact) mass is 237 g/mol. The van der Waals surface area contributed by atoms with Gasteiger partial charge < -0.3 is 10.1 Å². The van der Waals surface area contributed by atoms with E-state index in [0.717, 1.165) is 32.5 Å². The molecule has 1 aliphatic heterocycles. The van der Waals surface area contributed by atoms with Gasteiger partial charge in [0.25, 0.3) is 0 Å². The van der Waals surface area contributed by atoms with Gasteiger partial charge in [-0.3, -0.25) is 4.79 Å². The van der Waals surface area contributed by atoms with E-state index in [0.29, 0.717) is 0 Å². The van der Waals surface area contributed by atoms with Crippen LogP contribution in [0.2, 0.25) is 0 Å². The molecule has 1 saturated heterocycles. The number of hydrogen-bond donors (Lipinski definition) is 1. The van der Waals surface area contributed by atoms with Crippen LogP contribution in [0.3, 0.4) is 0 Å². The molecule has 2 rings (SSSR count). The summed E-state index contributed by atoms with van der Waals surface area (Å²) in [4.78, 5) is 12.1. The predicted molar refractivity (Wildman–Crippen MR) is 67.7 cm³/mol. The lowest BCUT2D eigenvalue weighted by Crippen LogP contribution is -2.40. The van der Waals surface area contributed by atoms with Crippen molar-refractivity contribution in [2.75, 3.05) is 13.2 Å². The third-order valence-electron chi connectivity index (χ3n) is 3.83. The lowest BCUT2D eigenvalue weighted by Gasteiger charge is -2.25. The van der Waals surface area contributed by atoms with Gasteiger partial charge in [0.1, 0.15) is 0 Å². The molecule has 0 aromatic rings. The molecule has 0 aromatic heterocycles. The molecular formula is C14H23NO2. The second-order valence-corrected chi connectivity index (χ2v) is 5.14. The Labute approximate surface area is 104 Å². The van der Waals surface area contributed by atoms with E-state index in [2.05, 4.69) is 18.3 Å². The van der Waals surface area contributed by atoms with Crippen LogP contribution in [0.1, 0.15) is 45.4 Å². The van der Waals surface area contributed by atoms with Crippen molar-refractivity contribution in [3.05, 3.63) is 11.6 Å². The number of allylic oxidation sites excluding steroid dienone is 1. The second-order valence-electron chi connectivity index (χ2n) is 5.14. The fourth-order valence-corrected chi connectivity index (χ4v) is 2.64. The van der Waals surface area contributed by atoms with Crippen molar-refractivity contribution in [2.24, 2.45) is 5.92 Å². The van der Waals surface area contributed by atoms with Crippen LogP contribution in [-0.4, -0.2) is 25.2 Å². The lowest BCUT2D eigenvalue weighted by atomic mass is 9.93. The zero-order valence-corrected chi connectivity index (χ0v) is 10.7. The van der Waals surface area contributed by atoms with Gasteiger partial charge in [0.05, 0.1) is 0 Å². The molecule has 96 valence electrons. The Morgan fingerprint density at radius 3 is 2.82 bits per heavy atom. The average Bonchev–Trinajstić information content (AvgIpc) is 2.40. The van der Waals surface area contributed by atoms with Crippen LogP contribution in [-0.2, 0) is 9.53 Å². The van der Waals surface area contributed by atoms with Crippen LogP contribution >= 0.6 is 0 Å². The fourth-order valence-electron chi connectivity index (χ4n) is 2.64. The van der Waals surface area contributed by atoms with Gasteiger partial charge >= 0.3 is 0 Å². The summed E-state index contributed by atoms with van der Waals surface area (Å²) in [5.41, 5.74) is 1.41. The first-order valence-corrected chi connectivity index (χ1v) is 6.84. The minimum absolute atomic E-state index is 0.162. The Bertz CT molecular complexity index is 293. The molecule has 0 radical (unpaired) electrons. The maximum absolute atomic E-state index is 12.1. The molecule has 3 heteroatoms. The van der Waals surface area contributed by atoms with E-state index >= 15 is 0 Å². The molecule has 0 aromatic carbocycles. The van der Waals surface area contributed by atoms with Gasteiger partial charge in [-0.2, -0.15) is 0 Å². The van der Waals surface area contributed by atoms with Crippen molar-refractivity contribution < 1.29 is 9.53 Å². The second kappa shape index (κ2) is 6.20. The number of hydrogen-bond acceptors (Lipinski definition) is 2. The first-order chi connectivity index (χ1) is 8.27. The summed E-state index contributed by atoms with van der Waals surface area (Å²) in [6.45, 7) is 3.57. The van der Waals surface area contributed by atoms with Crippen LogP contribution in [0.5, 0.6) is 0 Å². The number of carbonyl (C=O) groups is 1. The zero-order chi connectivity index (χ0) is 12.1. The number of rotatable bonds is 3. The third kappa shape index (κ3) is 3.56. The standard InChI is InChI=1S/C14H23NO2/c1-11(12-5-3-2-4-6-12)15-14(16)13-7-9-17-10-8-13/h5,11,13H,2-4,6-10H2,1H3,(H,15,16). The predicted octanol–water partition coefficient (Wildman–Crippen LogP) is 2.42. The number of nitrogens with one attached hydrogen (secondary N) is 1. The van der Waals surface area contributed by atoms with Crippen molar-refractivity contribution in [1.82, 2.24) is 5.32 Å². The van der Waals surface area contributed by atoms with Gasteiger partial charge in [-0.15, -0.1) is 0 Å². The molecule has 1 N–H and O–H groups in total. The van der Waals surface area contributed by atoms with Gasteiger partial charge in [0.2, 0.25) is 5.91 Å². The van der Waals surface area contributed by atoms with Gasteiger partial charge in [0, 0.05) is 25.2 Å². The van der Waals surface area contributed by atoms with E-state index in [1.165, 1.54) is 24.8 Å². The Morgan fingerprint density at radius 2 is 2.18 bits per heavy atom. The maximum atomic E-state index is 12.1. The summed E-state index contributed by atoms with van der Waals surface area (Å²) in [5.74, 6) is 0.377. The highest BCUT2D eigenvalue weighted by molar-refractivity contribution is 5.79. The number of ether oxygens (including phenoxy) is 1. The molecule has 17 heavy (non-hydrogen) atoms. The smallest absolute Gasteiger partial charge is 0.223 e. The molecule has 1 atom stereocenters. The van der Waals surface area contributed by atoms with Crippen LogP contribution in [0.4, 0.5) is 0 Å². The summed E-state index contributed by atoms with van der Waals surface area (Å²) in [5, 5.41) is 3.16.